The van der Waals surface area contributed by atoms with Gasteiger partial charge in [0.15, 0.2) is 0 Å². The summed E-state index contributed by atoms with van der Waals surface area (Å²) in [5.41, 5.74) is 4.43. The third-order valence-electron chi connectivity index (χ3n) is 3.78. The zero-order valence-corrected chi connectivity index (χ0v) is 12.4. The number of hydrogen-bond acceptors (Lipinski definition) is 4. The molecule has 0 radical (unpaired) electrons. The lowest BCUT2D eigenvalue weighted by atomic mass is 10.1. The monoisotopic (exact) mass is 287 g/mol. The van der Waals surface area contributed by atoms with Crippen molar-refractivity contribution < 1.29 is 9.53 Å². The van der Waals surface area contributed by atoms with Crippen LogP contribution in [-0.2, 0) is 17.6 Å². The first kappa shape index (κ1) is 13.2. The van der Waals surface area contributed by atoms with Gasteiger partial charge in [-0.15, -0.1) is 11.3 Å². The van der Waals surface area contributed by atoms with E-state index in [0.29, 0.717) is 11.6 Å². The Kier molecular flexibility index (Phi) is 3.49. The molecular weight excluding hydrogens is 270 g/mol. The minimum atomic E-state index is -0.266. The van der Waals surface area contributed by atoms with Crippen LogP contribution in [0, 0.1) is 6.92 Å². The van der Waals surface area contributed by atoms with E-state index in [2.05, 4.69) is 23.7 Å². The Labute approximate surface area is 122 Å². The summed E-state index contributed by atoms with van der Waals surface area (Å²) in [7, 11) is 1.42. The van der Waals surface area contributed by atoms with E-state index in [4.69, 9.17) is 4.74 Å². The second-order valence-electron chi connectivity index (χ2n) is 5.12. The van der Waals surface area contributed by atoms with Crippen LogP contribution < -0.4 is 5.32 Å². The zero-order chi connectivity index (χ0) is 14.1. The minimum Gasteiger partial charge on any atom is -0.465 e. The molecule has 1 heterocycles. The smallest absolute Gasteiger partial charge is 0.337 e. The third-order valence-corrected chi connectivity index (χ3v) is 4.62. The van der Waals surface area contributed by atoms with Crippen LogP contribution >= 0.6 is 11.3 Å². The molecule has 0 aliphatic heterocycles. The highest BCUT2D eigenvalue weighted by Crippen LogP contribution is 2.28. The van der Waals surface area contributed by atoms with Crippen molar-refractivity contribution in [3.63, 3.8) is 0 Å². The summed E-state index contributed by atoms with van der Waals surface area (Å²) in [6, 6.07) is 8.39. The van der Waals surface area contributed by atoms with Crippen molar-refractivity contribution in [2.45, 2.75) is 25.8 Å². The molecule has 3 rings (SSSR count). The number of benzene rings is 1. The fraction of sp³-hybridized carbons (Fsp3) is 0.312. The number of thiophene rings is 1. The quantitative estimate of drug-likeness (QED) is 0.879. The van der Waals surface area contributed by atoms with Crippen LogP contribution in [0.4, 0.5) is 5.69 Å². The van der Waals surface area contributed by atoms with Crippen LogP contribution in [0.3, 0.4) is 0 Å². The number of anilines is 1. The van der Waals surface area contributed by atoms with Gasteiger partial charge in [-0.1, -0.05) is 6.07 Å². The van der Waals surface area contributed by atoms with E-state index in [-0.39, 0.29) is 5.97 Å². The number of carbonyl (C=O) groups is 1. The second-order valence-corrected chi connectivity index (χ2v) is 6.24. The number of aryl methyl sites for hydroxylation is 1. The summed E-state index contributed by atoms with van der Waals surface area (Å²) >= 11 is 1.76. The Morgan fingerprint density at radius 2 is 2.10 bits per heavy atom. The van der Waals surface area contributed by atoms with Crippen LogP contribution in [0.15, 0.2) is 29.6 Å². The van der Waals surface area contributed by atoms with Crippen molar-refractivity contribution in [2.75, 3.05) is 12.4 Å². The Morgan fingerprint density at radius 1 is 1.30 bits per heavy atom. The van der Waals surface area contributed by atoms with Crippen molar-refractivity contribution in [3.05, 3.63) is 51.2 Å². The standard InChI is InChI=1S/C16H17NO2S/c1-10-15(5-6-20-10)17-14-8-11-3-4-12(16(18)19-2)7-13(11)9-14/h3-7,14,17H,8-9H2,1-2H3. The van der Waals surface area contributed by atoms with Gasteiger partial charge < -0.3 is 10.1 Å². The molecule has 2 aromatic rings. The number of esters is 1. The average Bonchev–Trinajstić information content (AvgIpc) is 3.03. The van der Waals surface area contributed by atoms with Gasteiger partial charge in [-0.2, -0.15) is 0 Å². The SMILES string of the molecule is COC(=O)c1ccc2c(c1)CC(Nc1ccsc1C)C2. The van der Waals surface area contributed by atoms with Crippen molar-refractivity contribution in [1.82, 2.24) is 0 Å². The Morgan fingerprint density at radius 3 is 2.80 bits per heavy atom. The van der Waals surface area contributed by atoms with Gasteiger partial charge in [0.1, 0.15) is 0 Å². The Balaban J connectivity index is 1.75. The predicted octanol–water partition coefficient (Wildman–Crippen LogP) is 3.42. The van der Waals surface area contributed by atoms with Crippen molar-refractivity contribution in [3.8, 4) is 0 Å². The molecule has 1 N–H and O–H groups in total. The fourth-order valence-electron chi connectivity index (χ4n) is 2.72. The molecule has 4 heteroatoms. The minimum absolute atomic E-state index is 0.266. The first-order chi connectivity index (χ1) is 9.67. The molecule has 1 aromatic heterocycles. The molecule has 0 bridgehead atoms. The summed E-state index contributed by atoms with van der Waals surface area (Å²) in [6.45, 7) is 2.13. The van der Waals surface area contributed by atoms with Crippen LogP contribution in [0.2, 0.25) is 0 Å². The van der Waals surface area contributed by atoms with Crippen LogP contribution in [0.25, 0.3) is 0 Å². The number of nitrogens with one attached hydrogen (secondary N) is 1. The predicted molar refractivity (Wildman–Crippen MR) is 81.7 cm³/mol. The van der Waals surface area contributed by atoms with Crippen molar-refractivity contribution in [2.24, 2.45) is 0 Å². The van der Waals surface area contributed by atoms with Gasteiger partial charge in [0.25, 0.3) is 0 Å². The zero-order valence-electron chi connectivity index (χ0n) is 11.6. The lowest BCUT2D eigenvalue weighted by Crippen LogP contribution is -2.19. The van der Waals surface area contributed by atoms with Gasteiger partial charge in [0, 0.05) is 16.6 Å². The number of methoxy groups -OCH3 is 1. The lowest BCUT2D eigenvalue weighted by molar-refractivity contribution is 0.0600. The van der Waals surface area contributed by atoms with Crippen LogP contribution in [-0.4, -0.2) is 19.1 Å². The summed E-state index contributed by atoms with van der Waals surface area (Å²) in [5, 5.41) is 5.70. The van der Waals surface area contributed by atoms with E-state index in [9.17, 15) is 4.79 Å². The molecule has 0 spiro atoms. The molecule has 0 saturated heterocycles. The van der Waals surface area contributed by atoms with Crippen molar-refractivity contribution in [1.29, 1.82) is 0 Å². The largest absolute Gasteiger partial charge is 0.465 e. The van der Waals surface area contributed by atoms with E-state index in [1.807, 2.05) is 18.2 Å². The first-order valence-corrected chi connectivity index (χ1v) is 7.56. The van der Waals surface area contributed by atoms with Crippen LogP contribution in [0.5, 0.6) is 0 Å². The summed E-state index contributed by atoms with van der Waals surface area (Å²) in [5.74, 6) is -0.266. The van der Waals surface area contributed by atoms with Gasteiger partial charge in [-0.25, -0.2) is 4.79 Å². The average molecular weight is 287 g/mol. The highest BCUT2D eigenvalue weighted by molar-refractivity contribution is 7.10. The number of fused-ring (bicyclic) bond motifs is 1. The Hall–Kier alpha value is -1.81. The van der Waals surface area contributed by atoms with Crippen molar-refractivity contribution >= 4 is 23.0 Å². The number of ether oxygens (including phenoxy) is 1. The Bertz CT molecular complexity index is 648. The van der Waals surface area contributed by atoms with E-state index >= 15 is 0 Å². The van der Waals surface area contributed by atoms with E-state index < -0.39 is 0 Å². The number of hydrogen-bond donors (Lipinski definition) is 1. The molecule has 20 heavy (non-hydrogen) atoms. The molecular formula is C16H17NO2S. The number of rotatable bonds is 3. The summed E-state index contributed by atoms with van der Waals surface area (Å²) < 4.78 is 4.77. The maximum absolute atomic E-state index is 11.6. The van der Waals surface area contributed by atoms with Gasteiger partial charge >= 0.3 is 5.97 Å². The highest BCUT2D eigenvalue weighted by Gasteiger charge is 2.23. The molecule has 3 nitrogen and oxygen atoms in total. The summed E-state index contributed by atoms with van der Waals surface area (Å²) in [6.07, 6.45) is 1.96. The third kappa shape index (κ3) is 2.43. The highest BCUT2D eigenvalue weighted by atomic mass is 32.1. The molecule has 1 aromatic carbocycles. The maximum Gasteiger partial charge on any atom is 0.337 e. The molecule has 1 aliphatic carbocycles. The molecule has 1 aliphatic rings. The molecule has 0 fully saturated rings. The molecule has 0 amide bonds. The fourth-order valence-corrected chi connectivity index (χ4v) is 3.38. The van der Waals surface area contributed by atoms with Gasteiger partial charge in [-0.05, 0) is 54.5 Å². The van der Waals surface area contributed by atoms with Gasteiger partial charge in [0.05, 0.1) is 12.7 Å². The maximum atomic E-state index is 11.6. The first-order valence-electron chi connectivity index (χ1n) is 6.68. The molecule has 0 saturated carbocycles. The molecule has 104 valence electrons. The van der Waals surface area contributed by atoms with Gasteiger partial charge in [0.2, 0.25) is 0 Å². The molecule has 1 atom stereocenters. The van der Waals surface area contributed by atoms with Gasteiger partial charge in [-0.3, -0.25) is 0 Å². The van der Waals surface area contributed by atoms with E-state index in [1.165, 1.54) is 28.8 Å². The summed E-state index contributed by atoms with van der Waals surface area (Å²) in [4.78, 5) is 12.9. The molecule has 1 unspecified atom stereocenters. The van der Waals surface area contributed by atoms with E-state index in [1.54, 1.807) is 11.3 Å². The van der Waals surface area contributed by atoms with Crippen LogP contribution in [0.1, 0.15) is 26.4 Å². The topological polar surface area (TPSA) is 38.3 Å². The normalized spacial score (nSPS) is 16.8. The number of carbonyl (C=O) groups excluding carboxylic acids is 1. The lowest BCUT2D eigenvalue weighted by Gasteiger charge is -2.12. The van der Waals surface area contributed by atoms with E-state index in [0.717, 1.165) is 12.8 Å². The second kappa shape index (κ2) is 5.29.